The number of unbranched alkanes of at least 4 members (excludes halogenated alkanes) is 4. The van der Waals surface area contributed by atoms with E-state index < -0.39 is 11.9 Å². The summed E-state index contributed by atoms with van der Waals surface area (Å²) in [6, 6.07) is 0. The van der Waals surface area contributed by atoms with Crippen molar-refractivity contribution in [3.05, 3.63) is 0 Å². The molecule has 0 heterocycles. The van der Waals surface area contributed by atoms with Gasteiger partial charge in [0.15, 0.2) is 0 Å². The number of hydrogen-bond donors (Lipinski definition) is 0. The highest BCUT2D eigenvalue weighted by Crippen LogP contribution is 2.02. The van der Waals surface area contributed by atoms with Crippen LogP contribution in [-0.4, -0.2) is 38.4 Å². The van der Waals surface area contributed by atoms with Gasteiger partial charge in [-0.25, -0.2) is 9.59 Å². The average molecular weight is 302 g/mol. The molecule has 5 nitrogen and oxygen atoms in total. The standard InChI is InChI=1S/C16H30O5/c1-4-5-6-7-8-10-20-15(17)12-19-13-16(18)21-11-9-14(2)3/h14H,4-13H2,1-3H3. The molecule has 0 N–H and O–H groups in total. The fourth-order valence-corrected chi connectivity index (χ4v) is 1.60. The molecule has 0 bridgehead atoms. The van der Waals surface area contributed by atoms with Crippen LogP contribution in [0.4, 0.5) is 0 Å². The second kappa shape index (κ2) is 13.9. The largest absolute Gasteiger partial charge is 0.464 e. The van der Waals surface area contributed by atoms with Crippen molar-refractivity contribution in [1.82, 2.24) is 0 Å². The van der Waals surface area contributed by atoms with E-state index in [1.54, 1.807) is 0 Å². The van der Waals surface area contributed by atoms with Crippen molar-refractivity contribution >= 4 is 11.9 Å². The smallest absolute Gasteiger partial charge is 0.332 e. The van der Waals surface area contributed by atoms with Gasteiger partial charge in [-0.3, -0.25) is 0 Å². The van der Waals surface area contributed by atoms with Gasteiger partial charge in [-0.1, -0.05) is 46.5 Å². The molecule has 124 valence electrons. The first-order chi connectivity index (χ1) is 10.1. The van der Waals surface area contributed by atoms with Crippen LogP contribution in [0.15, 0.2) is 0 Å². The van der Waals surface area contributed by atoms with Crippen molar-refractivity contribution in [2.45, 2.75) is 59.3 Å². The second-order valence-electron chi connectivity index (χ2n) is 5.53. The Labute approximate surface area is 128 Å². The van der Waals surface area contributed by atoms with Crippen LogP contribution in [0.25, 0.3) is 0 Å². The Balaban J connectivity index is 3.38. The van der Waals surface area contributed by atoms with Crippen molar-refractivity contribution in [2.24, 2.45) is 5.92 Å². The molecule has 0 unspecified atom stereocenters. The molecule has 0 aliphatic heterocycles. The van der Waals surface area contributed by atoms with E-state index in [1.165, 1.54) is 19.3 Å². The van der Waals surface area contributed by atoms with Gasteiger partial charge in [0.1, 0.15) is 13.2 Å². The molecule has 0 atom stereocenters. The van der Waals surface area contributed by atoms with Crippen LogP contribution in [0.1, 0.15) is 59.3 Å². The Morgan fingerprint density at radius 1 is 0.857 bits per heavy atom. The van der Waals surface area contributed by atoms with E-state index in [9.17, 15) is 9.59 Å². The summed E-state index contributed by atoms with van der Waals surface area (Å²) < 4.78 is 14.9. The Morgan fingerprint density at radius 3 is 2.00 bits per heavy atom. The summed E-state index contributed by atoms with van der Waals surface area (Å²) in [5.41, 5.74) is 0. The second-order valence-corrected chi connectivity index (χ2v) is 5.53. The van der Waals surface area contributed by atoms with Crippen LogP contribution in [0.3, 0.4) is 0 Å². The van der Waals surface area contributed by atoms with E-state index in [0.29, 0.717) is 19.1 Å². The van der Waals surface area contributed by atoms with Gasteiger partial charge in [-0.2, -0.15) is 0 Å². The molecule has 0 aliphatic carbocycles. The third-order valence-electron chi connectivity index (χ3n) is 2.91. The maximum absolute atomic E-state index is 11.3. The van der Waals surface area contributed by atoms with Crippen LogP contribution in [0.5, 0.6) is 0 Å². The molecule has 21 heavy (non-hydrogen) atoms. The molecule has 0 amide bonds. The van der Waals surface area contributed by atoms with E-state index in [4.69, 9.17) is 14.2 Å². The summed E-state index contributed by atoms with van der Waals surface area (Å²) in [4.78, 5) is 22.6. The molecule has 0 fully saturated rings. The molecule has 5 heteroatoms. The van der Waals surface area contributed by atoms with Crippen LogP contribution in [0.2, 0.25) is 0 Å². The van der Waals surface area contributed by atoms with E-state index in [1.807, 2.05) is 0 Å². The molecule has 0 aromatic rings. The van der Waals surface area contributed by atoms with E-state index in [-0.39, 0.29) is 13.2 Å². The van der Waals surface area contributed by atoms with Crippen LogP contribution >= 0.6 is 0 Å². The highest BCUT2D eigenvalue weighted by molar-refractivity contribution is 5.73. The first kappa shape index (κ1) is 19.9. The lowest BCUT2D eigenvalue weighted by atomic mass is 10.1. The summed E-state index contributed by atoms with van der Waals surface area (Å²) >= 11 is 0. The Morgan fingerprint density at radius 2 is 1.43 bits per heavy atom. The van der Waals surface area contributed by atoms with E-state index >= 15 is 0 Å². The van der Waals surface area contributed by atoms with Gasteiger partial charge < -0.3 is 14.2 Å². The highest BCUT2D eigenvalue weighted by atomic mass is 16.6. The normalized spacial score (nSPS) is 10.7. The van der Waals surface area contributed by atoms with Crippen molar-refractivity contribution < 1.29 is 23.8 Å². The number of ether oxygens (including phenoxy) is 3. The van der Waals surface area contributed by atoms with Crippen molar-refractivity contribution in [3.8, 4) is 0 Å². The lowest BCUT2D eigenvalue weighted by Gasteiger charge is -2.07. The lowest BCUT2D eigenvalue weighted by Crippen LogP contribution is -2.19. The third-order valence-corrected chi connectivity index (χ3v) is 2.91. The first-order valence-corrected chi connectivity index (χ1v) is 7.95. The van der Waals surface area contributed by atoms with Gasteiger partial charge >= 0.3 is 11.9 Å². The molecule has 0 rings (SSSR count). The minimum absolute atomic E-state index is 0.200. The van der Waals surface area contributed by atoms with Gasteiger partial charge in [0.2, 0.25) is 0 Å². The summed E-state index contributed by atoms with van der Waals surface area (Å²) in [5, 5.41) is 0. The van der Waals surface area contributed by atoms with Gasteiger partial charge in [0.25, 0.3) is 0 Å². The van der Waals surface area contributed by atoms with Crippen LogP contribution < -0.4 is 0 Å². The third kappa shape index (κ3) is 15.1. The molecule has 0 spiro atoms. The van der Waals surface area contributed by atoms with Crippen molar-refractivity contribution in [3.63, 3.8) is 0 Å². The lowest BCUT2D eigenvalue weighted by molar-refractivity contribution is -0.155. The number of hydrogen-bond acceptors (Lipinski definition) is 5. The maximum atomic E-state index is 11.3. The summed E-state index contributed by atoms with van der Waals surface area (Å²) in [6.07, 6.45) is 6.36. The molecule has 0 aromatic heterocycles. The summed E-state index contributed by atoms with van der Waals surface area (Å²) in [6.45, 7) is 6.68. The Kier molecular flexibility index (Phi) is 13.1. The Hall–Kier alpha value is -1.10. The predicted octanol–water partition coefficient (Wildman–Crippen LogP) is 3.11. The molecule has 0 radical (unpaired) electrons. The Bertz CT molecular complexity index is 276. The molecule has 0 aliphatic rings. The molecule has 0 saturated heterocycles. The topological polar surface area (TPSA) is 61.8 Å². The monoisotopic (exact) mass is 302 g/mol. The summed E-state index contributed by atoms with van der Waals surface area (Å²) in [7, 11) is 0. The SMILES string of the molecule is CCCCCCCOC(=O)COCC(=O)OCCC(C)C. The zero-order valence-electron chi connectivity index (χ0n) is 13.7. The van der Waals surface area contributed by atoms with Crippen molar-refractivity contribution in [2.75, 3.05) is 26.4 Å². The number of carbonyl (C=O) groups excluding carboxylic acids is 2. The van der Waals surface area contributed by atoms with Crippen LogP contribution in [0, 0.1) is 5.92 Å². The predicted molar refractivity (Wildman–Crippen MR) is 81.0 cm³/mol. The maximum Gasteiger partial charge on any atom is 0.332 e. The number of rotatable bonds is 13. The molecular formula is C16H30O5. The fourth-order valence-electron chi connectivity index (χ4n) is 1.60. The molecule has 0 saturated carbocycles. The summed E-state index contributed by atoms with van der Waals surface area (Å²) in [5.74, 6) is -0.380. The molecule has 0 aromatic carbocycles. The minimum Gasteiger partial charge on any atom is -0.464 e. The van der Waals surface area contributed by atoms with E-state index in [0.717, 1.165) is 19.3 Å². The van der Waals surface area contributed by atoms with Crippen molar-refractivity contribution in [1.29, 1.82) is 0 Å². The zero-order chi connectivity index (χ0) is 15.9. The average Bonchev–Trinajstić information content (AvgIpc) is 2.42. The van der Waals surface area contributed by atoms with E-state index in [2.05, 4.69) is 20.8 Å². The van der Waals surface area contributed by atoms with Gasteiger partial charge in [0.05, 0.1) is 13.2 Å². The highest BCUT2D eigenvalue weighted by Gasteiger charge is 2.07. The zero-order valence-corrected chi connectivity index (χ0v) is 13.7. The quantitative estimate of drug-likeness (QED) is 0.386. The first-order valence-electron chi connectivity index (χ1n) is 7.95. The fraction of sp³-hybridized carbons (Fsp3) is 0.875. The van der Waals surface area contributed by atoms with Crippen LogP contribution in [-0.2, 0) is 23.8 Å². The van der Waals surface area contributed by atoms with Gasteiger partial charge in [0, 0.05) is 0 Å². The van der Waals surface area contributed by atoms with Gasteiger partial charge in [-0.05, 0) is 18.8 Å². The minimum atomic E-state index is -0.442. The molecular weight excluding hydrogens is 272 g/mol. The number of carbonyl (C=O) groups is 2. The number of esters is 2. The van der Waals surface area contributed by atoms with Gasteiger partial charge in [-0.15, -0.1) is 0 Å².